The molecule has 18 nitrogen and oxygen atoms in total. The number of ether oxygens (including phenoxy) is 2. The van der Waals surface area contributed by atoms with Crippen LogP contribution in [-0.4, -0.2) is 77.8 Å². The van der Waals surface area contributed by atoms with Crippen molar-refractivity contribution in [2.45, 2.75) is 55.9 Å². The van der Waals surface area contributed by atoms with Gasteiger partial charge < -0.3 is 25.8 Å². The number of alkyl halides is 6. The predicted octanol–water partition coefficient (Wildman–Crippen LogP) is 10.3. The minimum Gasteiger partial charge on any atom is -0.496 e. The van der Waals surface area contributed by atoms with Crippen LogP contribution in [0, 0.1) is 13.8 Å². The Hall–Kier alpha value is -7.77. The zero-order chi connectivity index (χ0) is 57.1. The van der Waals surface area contributed by atoms with E-state index in [0.717, 1.165) is 48.8 Å². The van der Waals surface area contributed by atoms with Gasteiger partial charge >= 0.3 is 18.4 Å². The highest BCUT2D eigenvalue weighted by molar-refractivity contribution is 7.93. The molecule has 0 saturated heterocycles. The number of sulfonamides is 2. The number of anilines is 4. The van der Waals surface area contributed by atoms with Gasteiger partial charge in [-0.25, -0.2) is 41.4 Å². The van der Waals surface area contributed by atoms with E-state index in [4.69, 9.17) is 43.2 Å². The van der Waals surface area contributed by atoms with E-state index in [0.29, 0.717) is 12.1 Å². The molecule has 0 atom stereocenters. The topological polar surface area (TPSA) is 267 Å². The number of aliphatic imine (C=N–C) groups is 1. The van der Waals surface area contributed by atoms with Gasteiger partial charge in [0.2, 0.25) is 17.6 Å². The second kappa shape index (κ2) is 25.2. The fourth-order valence-electron chi connectivity index (χ4n) is 6.50. The maximum atomic E-state index is 13.5. The highest BCUT2D eigenvalue weighted by atomic mass is 35.5. The van der Waals surface area contributed by atoms with Crippen molar-refractivity contribution in [2.24, 2.45) is 4.99 Å². The zero-order valence-electron chi connectivity index (χ0n) is 40.7. The number of nitrogen functional groups attached to an aromatic ring is 1. The molecule has 0 bridgehead atoms. The number of aromatic nitrogens is 2. The van der Waals surface area contributed by atoms with Crippen LogP contribution in [0.15, 0.2) is 112 Å². The van der Waals surface area contributed by atoms with E-state index in [1.807, 2.05) is 0 Å². The molecule has 0 aliphatic carbocycles. The molecule has 0 saturated carbocycles. The van der Waals surface area contributed by atoms with Crippen LogP contribution >= 0.6 is 23.2 Å². The third-order valence-electron chi connectivity index (χ3n) is 9.96. The van der Waals surface area contributed by atoms with Crippen LogP contribution in [-0.2, 0) is 37.2 Å². The van der Waals surface area contributed by atoms with E-state index in [9.17, 15) is 57.6 Å². The molecule has 76 heavy (non-hydrogen) atoms. The molecule has 2 amide bonds. The first kappa shape index (κ1) is 60.8. The van der Waals surface area contributed by atoms with Gasteiger partial charge in [0.15, 0.2) is 0 Å². The van der Waals surface area contributed by atoms with Crippen LogP contribution < -0.4 is 35.3 Å². The van der Waals surface area contributed by atoms with Crippen molar-refractivity contribution in [1.82, 2.24) is 15.3 Å². The Morgan fingerprint density at radius 1 is 0.671 bits per heavy atom. The Bertz CT molecular complexity index is 3450. The molecule has 2 heterocycles. The summed E-state index contributed by atoms with van der Waals surface area (Å²) in [6.45, 7) is 5.94. The summed E-state index contributed by atoms with van der Waals surface area (Å²) in [5.41, 5.74) is 2.15. The number of carbonyl (C=O) groups is 3. The highest BCUT2D eigenvalue weighted by Crippen LogP contribution is 2.37. The zero-order valence-corrected chi connectivity index (χ0v) is 43.8. The first-order chi connectivity index (χ1) is 35.4. The highest BCUT2D eigenvalue weighted by Gasteiger charge is 2.36. The third-order valence-corrected chi connectivity index (χ3v) is 13.1. The first-order valence-electron chi connectivity index (χ1n) is 21.3. The molecule has 6 N–H and O–H groups in total. The van der Waals surface area contributed by atoms with E-state index in [1.54, 1.807) is 13.8 Å². The number of isocyanates is 1. The molecule has 404 valence electrons. The fourth-order valence-corrected chi connectivity index (χ4v) is 8.98. The van der Waals surface area contributed by atoms with Crippen molar-refractivity contribution in [3.63, 3.8) is 0 Å². The van der Waals surface area contributed by atoms with Crippen LogP contribution in [0.5, 0.6) is 11.5 Å². The predicted molar refractivity (Wildman–Crippen MR) is 271 cm³/mol. The molecule has 2 aromatic heterocycles. The lowest BCUT2D eigenvalue weighted by atomic mass is 10.0. The van der Waals surface area contributed by atoms with E-state index in [-0.39, 0.29) is 78.3 Å². The largest absolute Gasteiger partial charge is 0.496 e. The van der Waals surface area contributed by atoms with Crippen LogP contribution in [0.3, 0.4) is 0 Å². The number of nitrogens with zero attached hydrogens (tertiary/aromatic N) is 3. The minimum atomic E-state index is -4.78. The standard InChI is InChI=1S/C25H24ClF3N4O5S.C21H17ClF3N3O4S.C2H3NO/c1-13(2)31-24(35)32-16-6-8-21(38-4)18(10-16)23(34)22-20(9-15(26)12-30-22)33-39(36,37)17-7-5-14(3)19(11-17)25(27,28)29;1-11-3-5-14(9-16(11)21(23,24)25)33(30,31)28-17-7-12(22)10-27-19(17)20(29)15-8-13(26)4-6-18(15)32-2;1-3-2-4/h5-13,33H,1-4H3,(H2,31,32,35);3-10,28H,26H2,1-2H3;1H3. The molecule has 0 unspecified atom stereocenters. The number of hydrogen-bond donors (Lipinski definition) is 5. The number of urea groups is 1. The number of benzene rings is 4. The van der Waals surface area contributed by atoms with Crippen molar-refractivity contribution >= 4 is 89.7 Å². The van der Waals surface area contributed by atoms with Crippen molar-refractivity contribution < 1.29 is 71.8 Å². The number of halogens is 8. The average Bonchev–Trinajstić information content (AvgIpc) is 3.32. The molecule has 0 spiro atoms. The third kappa shape index (κ3) is 15.9. The molecule has 0 fully saturated rings. The second-order valence-electron chi connectivity index (χ2n) is 15.9. The summed E-state index contributed by atoms with van der Waals surface area (Å²) in [6, 6.07) is 15.1. The smallest absolute Gasteiger partial charge is 0.416 e. The van der Waals surface area contributed by atoms with E-state index >= 15 is 0 Å². The van der Waals surface area contributed by atoms with E-state index in [2.05, 4.69) is 35.0 Å². The number of amides is 2. The van der Waals surface area contributed by atoms with Gasteiger partial charge in [-0.05, 0) is 112 Å². The molecule has 0 aliphatic heterocycles. The number of aryl methyl sites for hydroxylation is 2. The molecular weight excluding hydrogens is 1100 g/mol. The SMILES string of the molecule is CN=C=O.COc1ccc(N)cc1C(=O)c1ncc(Cl)cc1NS(=O)(=O)c1ccc(C)c(C(F)(F)F)c1.COc1ccc(NC(=O)NC(C)C)cc1C(=O)c1ncc(Cl)cc1NS(=O)(=O)c1ccc(C)c(C(F)(F)F)c1. The van der Waals surface area contributed by atoms with Gasteiger partial charge in [-0.3, -0.25) is 19.0 Å². The molecular formula is C48H44Cl2F6N8O10S2. The average molecular weight is 1140 g/mol. The van der Waals surface area contributed by atoms with Crippen molar-refractivity contribution in [2.75, 3.05) is 41.8 Å². The molecule has 6 rings (SSSR count). The van der Waals surface area contributed by atoms with Gasteiger partial charge in [0.25, 0.3) is 20.0 Å². The van der Waals surface area contributed by atoms with Crippen molar-refractivity contribution in [3.05, 3.63) is 152 Å². The summed E-state index contributed by atoms with van der Waals surface area (Å²) in [7, 11) is -5.15. The lowest BCUT2D eigenvalue weighted by Crippen LogP contribution is -2.34. The maximum Gasteiger partial charge on any atom is 0.416 e. The summed E-state index contributed by atoms with van der Waals surface area (Å²) >= 11 is 11.9. The molecule has 0 aliphatic rings. The van der Waals surface area contributed by atoms with E-state index < -0.39 is 76.6 Å². The number of rotatable bonds is 14. The van der Waals surface area contributed by atoms with Crippen molar-refractivity contribution in [3.8, 4) is 11.5 Å². The lowest BCUT2D eigenvalue weighted by Gasteiger charge is -2.16. The number of carbonyl (C=O) groups excluding carboxylic acids is 4. The number of ketones is 2. The number of hydrogen-bond acceptors (Lipinski definition) is 14. The number of pyridine rings is 2. The van der Waals surface area contributed by atoms with Gasteiger partial charge in [-0.2, -0.15) is 26.3 Å². The number of nitrogens with one attached hydrogen (secondary N) is 4. The summed E-state index contributed by atoms with van der Waals surface area (Å²) in [6.07, 6.45) is -6.00. The molecule has 28 heteroatoms. The normalized spacial score (nSPS) is 11.4. The van der Waals surface area contributed by atoms with Gasteiger partial charge in [0.1, 0.15) is 22.9 Å². The van der Waals surface area contributed by atoms with Crippen LogP contribution in [0.4, 0.5) is 53.9 Å². The van der Waals surface area contributed by atoms with Crippen LogP contribution in [0.25, 0.3) is 0 Å². The number of nitrogens with two attached hydrogens (primary N) is 1. The van der Waals surface area contributed by atoms with Gasteiger partial charge in [-0.1, -0.05) is 35.3 Å². The van der Waals surface area contributed by atoms with Gasteiger partial charge in [0.05, 0.1) is 67.7 Å². The Morgan fingerprint density at radius 2 is 1.08 bits per heavy atom. The van der Waals surface area contributed by atoms with Crippen molar-refractivity contribution in [1.29, 1.82) is 0 Å². The Morgan fingerprint density at radius 3 is 1.46 bits per heavy atom. The van der Waals surface area contributed by atoms with E-state index in [1.165, 1.54) is 77.6 Å². The Balaban J connectivity index is 0.000000310. The summed E-state index contributed by atoms with van der Waals surface area (Å²) in [4.78, 5) is 57.1. The quantitative estimate of drug-likeness (QED) is 0.0224. The monoisotopic (exact) mass is 1140 g/mol. The number of methoxy groups -OCH3 is 2. The molecule has 4 aromatic carbocycles. The lowest BCUT2D eigenvalue weighted by molar-refractivity contribution is -0.139. The minimum absolute atomic E-state index is 0.00228. The maximum absolute atomic E-state index is 13.5. The molecule has 6 aromatic rings. The van der Waals surface area contributed by atoms with Gasteiger partial charge in [-0.15, -0.1) is 0 Å². The summed E-state index contributed by atoms with van der Waals surface area (Å²) in [5, 5.41) is 5.15. The first-order valence-corrected chi connectivity index (χ1v) is 25.1. The summed E-state index contributed by atoms with van der Waals surface area (Å²) < 4.78 is 146. The van der Waals surface area contributed by atoms with Crippen LogP contribution in [0.1, 0.15) is 68.2 Å². The molecule has 0 radical (unpaired) electrons. The summed E-state index contributed by atoms with van der Waals surface area (Å²) in [5.74, 6) is -1.30. The van der Waals surface area contributed by atoms with Gasteiger partial charge in [0, 0.05) is 36.9 Å². The second-order valence-corrected chi connectivity index (χ2v) is 20.1. The Kier molecular flexibility index (Phi) is 20.1. The Labute approximate surface area is 441 Å². The fraction of sp³-hybridized carbons (Fsp3) is 0.208. The van der Waals surface area contributed by atoms with Crippen LogP contribution in [0.2, 0.25) is 10.0 Å².